The van der Waals surface area contributed by atoms with Crippen LogP contribution in [0.3, 0.4) is 0 Å². The molecule has 1 atom stereocenters. The number of benzene rings is 2. The van der Waals surface area contributed by atoms with Gasteiger partial charge in [-0.1, -0.05) is 30.3 Å². The molecule has 0 bridgehead atoms. The minimum Gasteiger partial charge on any atom is -0.383 e. The first kappa shape index (κ1) is 28.1. The van der Waals surface area contributed by atoms with Crippen LogP contribution in [0.5, 0.6) is 0 Å². The van der Waals surface area contributed by atoms with E-state index in [1.54, 1.807) is 41.6 Å². The van der Waals surface area contributed by atoms with E-state index >= 15 is 0 Å². The molecule has 0 saturated carbocycles. The van der Waals surface area contributed by atoms with Crippen molar-refractivity contribution >= 4 is 20.9 Å². The van der Waals surface area contributed by atoms with Crippen LogP contribution >= 0.6 is 0 Å². The van der Waals surface area contributed by atoms with Gasteiger partial charge in [-0.05, 0) is 54.7 Å². The lowest BCUT2D eigenvalue weighted by molar-refractivity contribution is 0.183. The van der Waals surface area contributed by atoms with Crippen LogP contribution in [0, 0.1) is 6.92 Å². The second-order valence-corrected chi connectivity index (χ2v) is 13.0. The van der Waals surface area contributed by atoms with E-state index in [0.29, 0.717) is 39.1 Å². The number of hydrogen-bond acceptors (Lipinski definition) is 6. The Labute approximate surface area is 244 Å². The summed E-state index contributed by atoms with van der Waals surface area (Å²) in [6.45, 7) is 3.78. The first-order valence-corrected chi connectivity index (χ1v) is 15.4. The molecule has 5 aromatic rings. The Morgan fingerprint density at radius 1 is 1.02 bits per heavy atom. The molecule has 1 aliphatic rings. The van der Waals surface area contributed by atoms with E-state index in [1.807, 2.05) is 29.1 Å². The molecular weight excluding hydrogens is 552 g/mol. The highest BCUT2D eigenvalue weighted by Gasteiger charge is 2.45. The fourth-order valence-corrected chi connectivity index (χ4v) is 7.56. The van der Waals surface area contributed by atoms with Gasteiger partial charge in [0.25, 0.3) is 0 Å². The van der Waals surface area contributed by atoms with Gasteiger partial charge in [0.15, 0.2) is 0 Å². The van der Waals surface area contributed by atoms with Gasteiger partial charge in [-0.3, -0.25) is 9.48 Å². The van der Waals surface area contributed by atoms with Crippen LogP contribution in [0.25, 0.3) is 16.6 Å². The maximum Gasteiger partial charge on any atom is 0.250 e. The maximum atomic E-state index is 13.8. The van der Waals surface area contributed by atoms with Gasteiger partial charge in [-0.15, -0.1) is 0 Å². The van der Waals surface area contributed by atoms with Crippen molar-refractivity contribution in [1.29, 1.82) is 0 Å². The molecule has 1 unspecified atom stereocenters. The molecule has 42 heavy (non-hydrogen) atoms. The average Bonchev–Trinajstić information content (AvgIpc) is 3.73. The molecule has 0 spiro atoms. The van der Waals surface area contributed by atoms with E-state index in [0.717, 1.165) is 33.3 Å². The predicted octanol–water partition coefficient (Wildman–Crippen LogP) is 3.45. The number of aryl methyl sites for hydroxylation is 2. The Morgan fingerprint density at radius 3 is 2.60 bits per heavy atom. The lowest BCUT2D eigenvalue weighted by Crippen LogP contribution is -2.36. The molecule has 0 N–H and O–H groups in total. The zero-order valence-corrected chi connectivity index (χ0v) is 24.8. The third-order valence-corrected chi connectivity index (χ3v) is 10.1. The largest absolute Gasteiger partial charge is 0.383 e. The van der Waals surface area contributed by atoms with E-state index in [-0.39, 0.29) is 10.5 Å². The van der Waals surface area contributed by atoms with Crippen molar-refractivity contribution < 1.29 is 13.2 Å². The molecule has 3 aromatic heterocycles. The predicted molar refractivity (Wildman–Crippen MR) is 160 cm³/mol. The van der Waals surface area contributed by atoms with E-state index in [4.69, 9.17) is 4.74 Å². The van der Waals surface area contributed by atoms with Crippen molar-refractivity contribution in [3.05, 3.63) is 106 Å². The molecule has 10 nitrogen and oxygen atoms in total. The lowest BCUT2D eigenvalue weighted by atomic mass is 9.73. The number of methoxy groups -OCH3 is 1. The van der Waals surface area contributed by atoms with Gasteiger partial charge < -0.3 is 9.30 Å². The number of aromatic nitrogens is 5. The van der Waals surface area contributed by atoms with Gasteiger partial charge in [0.2, 0.25) is 15.6 Å². The summed E-state index contributed by atoms with van der Waals surface area (Å²) in [6, 6.07) is 17.8. The van der Waals surface area contributed by atoms with Crippen LogP contribution in [-0.2, 0) is 40.2 Å². The standard InChI is InChI=1S/C31H34N6O4S/c1-23-15-29-25(18-33-37(29)26-9-10-30(38)34(2)20-26)16-28(23)31(17-24-7-5-4-6-8-24)11-12-36(22-31)42(39,40)27-19-32-35(21-27)13-14-41-3/h4-10,15-16,18-21H,11-14,17,22H2,1-3H3. The Bertz CT molecular complexity index is 1910. The first-order chi connectivity index (χ1) is 20.2. The Hall–Kier alpha value is -4.06. The normalized spacial score (nSPS) is 17.8. The number of rotatable bonds is 9. The summed E-state index contributed by atoms with van der Waals surface area (Å²) in [5.41, 5.74) is 4.54. The third kappa shape index (κ3) is 5.08. The quantitative estimate of drug-likeness (QED) is 0.262. The smallest absolute Gasteiger partial charge is 0.250 e. The second kappa shape index (κ2) is 11.0. The first-order valence-electron chi connectivity index (χ1n) is 13.9. The summed E-state index contributed by atoms with van der Waals surface area (Å²) < 4.78 is 39.3. The van der Waals surface area contributed by atoms with Crippen LogP contribution < -0.4 is 5.56 Å². The van der Waals surface area contributed by atoms with Crippen molar-refractivity contribution in [3.8, 4) is 5.69 Å². The molecule has 11 heteroatoms. The average molecular weight is 587 g/mol. The molecule has 4 heterocycles. The van der Waals surface area contributed by atoms with Crippen LogP contribution in [0.15, 0.2) is 89.1 Å². The van der Waals surface area contributed by atoms with Gasteiger partial charge in [0.1, 0.15) is 4.90 Å². The zero-order chi connectivity index (χ0) is 29.5. The van der Waals surface area contributed by atoms with Gasteiger partial charge in [-0.25, -0.2) is 13.1 Å². The monoisotopic (exact) mass is 586 g/mol. The van der Waals surface area contributed by atoms with Gasteiger partial charge in [0.05, 0.1) is 36.7 Å². The molecule has 0 aliphatic carbocycles. The van der Waals surface area contributed by atoms with Crippen LogP contribution in [-0.4, -0.2) is 63.7 Å². The van der Waals surface area contributed by atoms with Crippen molar-refractivity contribution in [2.45, 2.75) is 36.6 Å². The van der Waals surface area contributed by atoms with Crippen molar-refractivity contribution in [2.24, 2.45) is 7.05 Å². The van der Waals surface area contributed by atoms with E-state index in [2.05, 4.69) is 41.4 Å². The molecule has 2 aromatic carbocycles. The van der Waals surface area contributed by atoms with E-state index < -0.39 is 15.4 Å². The fourth-order valence-electron chi connectivity index (χ4n) is 6.08. The number of pyridine rings is 1. The van der Waals surface area contributed by atoms with Crippen molar-refractivity contribution in [2.75, 3.05) is 26.8 Å². The fraction of sp³-hybridized carbons (Fsp3) is 0.323. The minimum absolute atomic E-state index is 0.0837. The Morgan fingerprint density at radius 2 is 1.83 bits per heavy atom. The van der Waals surface area contributed by atoms with Crippen molar-refractivity contribution in [1.82, 2.24) is 28.4 Å². The highest BCUT2D eigenvalue weighted by molar-refractivity contribution is 7.89. The van der Waals surface area contributed by atoms with E-state index in [9.17, 15) is 13.2 Å². The summed E-state index contributed by atoms with van der Waals surface area (Å²) >= 11 is 0. The number of hydrogen-bond donors (Lipinski definition) is 0. The molecule has 0 radical (unpaired) electrons. The van der Waals surface area contributed by atoms with Crippen molar-refractivity contribution in [3.63, 3.8) is 0 Å². The SMILES string of the molecule is COCCn1cc(S(=O)(=O)N2CCC(Cc3ccccc3)(c3cc4cnn(-c5ccc(=O)n(C)c5)c4cc3C)C2)cn1. The molecule has 1 saturated heterocycles. The van der Waals surface area contributed by atoms with Gasteiger partial charge in [-0.2, -0.15) is 14.5 Å². The summed E-state index contributed by atoms with van der Waals surface area (Å²) in [5.74, 6) is 0. The van der Waals surface area contributed by atoms with Crippen LogP contribution in [0.4, 0.5) is 0 Å². The summed E-state index contributed by atoms with van der Waals surface area (Å²) in [6.07, 6.45) is 7.99. The molecule has 1 fully saturated rings. The zero-order valence-electron chi connectivity index (χ0n) is 24.0. The Kier molecular flexibility index (Phi) is 7.34. The van der Waals surface area contributed by atoms with Gasteiger partial charge >= 0.3 is 0 Å². The molecule has 218 valence electrons. The summed E-state index contributed by atoms with van der Waals surface area (Å²) in [5, 5.41) is 9.84. The topological polar surface area (TPSA) is 104 Å². The summed E-state index contributed by atoms with van der Waals surface area (Å²) in [7, 11) is -0.419. The molecule has 6 rings (SSSR count). The molecular formula is C31H34N6O4S. The lowest BCUT2D eigenvalue weighted by Gasteiger charge is -2.32. The number of ether oxygens (including phenoxy) is 1. The second-order valence-electron chi connectivity index (χ2n) is 11.1. The number of nitrogens with zero attached hydrogens (tertiary/aromatic N) is 6. The van der Waals surface area contributed by atoms with Gasteiger partial charge in [0, 0.05) is 56.5 Å². The highest BCUT2D eigenvalue weighted by Crippen LogP contribution is 2.42. The minimum atomic E-state index is -3.74. The number of fused-ring (bicyclic) bond motifs is 1. The van der Waals surface area contributed by atoms with Crippen LogP contribution in [0.2, 0.25) is 0 Å². The Balaban J connectivity index is 1.40. The molecule has 0 amide bonds. The number of sulfonamides is 1. The maximum absolute atomic E-state index is 13.8. The summed E-state index contributed by atoms with van der Waals surface area (Å²) in [4.78, 5) is 12.1. The third-order valence-electron chi connectivity index (χ3n) is 8.28. The van der Waals surface area contributed by atoms with E-state index in [1.165, 1.54) is 16.8 Å². The highest BCUT2D eigenvalue weighted by atomic mass is 32.2. The van der Waals surface area contributed by atoms with Crippen LogP contribution in [0.1, 0.15) is 23.1 Å². The molecule has 1 aliphatic heterocycles.